The Bertz CT molecular complexity index is 592. The SMILES string of the molecule is COc1cc(NCc2cc(Br)ccc2F)nc(C)n1. The molecule has 0 amide bonds. The van der Waals surface area contributed by atoms with Crippen molar-refractivity contribution in [2.75, 3.05) is 12.4 Å². The molecule has 6 heteroatoms. The number of hydrogen-bond acceptors (Lipinski definition) is 4. The lowest BCUT2D eigenvalue weighted by Crippen LogP contribution is -2.05. The Morgan fingerprint density at radius 3 is 2.84 bits per heavy atom. The van der Waals surface area contributed by atoms with Crippen LogP contribution >= 0.6 is 15.9 Å². The van der Waals surface area contributed by atoms with Crippen molar-refractivity contribution in [3.05, 3.63) is 45.9 Å². The zero-order valence-electron chi connectivity index (χ0n) is 10.6. The number of hydrogen-bond donors (Lipinski definition) is 1. The minimum Gasteiger partial charge on any atom is -0.481 e. The molecule has 0 bridgehead atoms. The van der Waals surface area contributed by atoms with E-state index in [9.17, 15) is 4.39 Å². The van der Waals surface area contributed by atoms with Gasteiger partial charge in [0.15, 0.2) is 0 Å². The van der Waals surface area contributed by atoms with Gasteiger partial charge in [0.1, 0.15) is 17.5 Å². The average Bonchev–Trinajstić information content (AvgIpc) is 2.39. The molecule has 0 atom stereocenters. The highest BCUT2D eigenvalue weighted by Gasteiger charge is 2.05. The van der Waals surface area contributed by atoms with E-state index in [1.807, 2.05) is 0 Å². The van der Waals surface area contributed by atoms with Crippen molar-refractivity contribution in [1.29, 1.82) is 0 Å². The van der Waals surface area contributed by atoms with E-state index in [0.717, 1.165) is 4.47 Å². The molecule has 0 unspecified atom stereocenters. The van der Waals surface area contributed by atoms with Crippen LogP contribution in [0.25, 0.3) is 0 Å². The first-order valence-electron chi connectivity index (χ1n) is 5.66. The van der Waals surface area contributed by atoms with Gasteiger partial charge in [-0.3, -0.25) is 0 Å². The third kappa shape index (κ3) is 3.64. The van der Waals surface area contributed by atoms with Crippen molar-refractivity contribution < 1.29 is 9.13 Å². The summed E-state index contributed by atoms with van der Waals surface area (Å²) in [5.74, 6) is 1.42. The van der Waals surface area contributed by atoms with E-state index in [-0.39, 0.29) is 5.82 Å². The lowest BCUT2D eigenvalue weighted by molar-refractivity contribution is 0.396. The monoisotopic (exact) mass is 325 g/mol. The van der Waals surface area contributed by atoms with E-state index in [0.29, 0.717) is 29.6 Å². The number of nitrogens with zero attached hydrogens (tertiary/aromatic N) is 2. The summed E-state index contributed by atoms with van der Waals surface area (Å²) in [4.78, 5) is 8.30. The van der Waals surface area contributed by atoms with Crippen LogP contribution in [0.3, 0.4) is 0 Å². The van der Waals surface area contributed by atoms with Gasteiger partial charge in [0, 0.05) is 22.6 Å². The molecule has 1 heterocycles. The maximum absolute atomic E-state index is 13.6. The summed E-state index contributed by atoms with van der Waals surface area (Å²) in [7, 11) is 1.54. The molecule has 1 N–H and O–H groups in total. The molecule has 0 saturated heterocycles. The molecule has 100 valence electrons. The predicted octanol–water partition coefficient (Wildman–Crippen LogP) is 3.31. The van der Waals surface area contributed by atoms with Crippen molar-refractivity contribution in [3.63, 3.8) is 0 Å². The molecule has 0 spiro atoms. The number of rotatable bonds is 4. The van der Waals surface area contributed by atoms with Crippen LogP contribution in [0.5, 0.6) is 5.88 Å². The largest absolute Gasteiger partial charge is 0.481 e. The minimum atomic E-state index is -0.256. The fourth-order valence-electron chi connectivity index (χ4n) is 1.60. The average molecular weight is 326 g/mol. The Balaban J connectivity index is 2.14. The van der Waals surface area contributed by atoms with Crippen LogP contribution in [0.2, 0.25) is 0 Å². The fraction of sp³-hybridized carbons (Fsp3) is 0.231. The first-order valence-corrected chi connectivity index (χ1v) is 6.45. The van der Waals surface area contributed by atoms with E-state index < -0.39 is 0 Å². The summed E-state index contributed by atoms with van der Waals surface area (Å²) in [6.45, 7) is 2.11. The van der Waals surface area contributed by atoms with Crippen LogP contribution in [-0.2, 0) is 6.54 Å². The van der Waals surface area contributed by atoms with E-state index in [2.05, 4.69) is 31.2 Å². The molecule has 1 aromatic heterocycles. The molecule has 0 saturated carbocycles. The molecular formula is C13H13BrFN3O. The summed E-state index contributed by atoms with van der Waals surface area (Å²) in [6, 6.07) is 6.49. The smallest absolute Gasteiger partial charge is 0.218 e. The van der Waals surface area contributed by atoms with Crippen molar-refractivity contribution in [2.45, 2.75) is 13.5 Å². The second-order valence-electron chi connectivity index (χ2n) is 3.93. The van der Waals surface area contributed by atoms with Crippen LogP contribution in [0.15, 0.2) is 28.7 Å². The lowest BCUT2D eigenvalue weighted by Gasteiger charge is -2.09. The van der Waals surface area contributed by atoms with E-state index in [4.69, 9.17) is 4.74 Å². The zero-order valence-corrected chi connectivity index (χ0v) is 12.2. The molecule has 0 aliphatic carbocycles. The Morgan fingerprint density at radius 2 is 2.11 bits per heavy atom. The van der Waals surface area contributed by atoms with Crippen LogP contribution in [0, 0.1) is 12.7 Å². The lowest BCUT2D eigenvalue weighted by atomic mass is 10.2. The number of nitrogens with one attached hydrogen (secondary N) is 1. The highest BCUT2D eigenvalue weighted by atomic mass is 79.9. The van der Waals surface area contributed by atoms with Crippen molar-refractivity contribution in [1.82, 2.24) is 9.97 Å². The van der Waals surface area contributed by atoms with E-state index in [1.165, 1.54) is 6.07 Å². The number of methoxy groups -OCH3 is 1. The summed E-state index contributed by atoms with van der Waals surface area (Å²) in [5, 5.41) is 3.05. The summed E-state index contributed by atoms with van der Waals surface area (Å²) in [5.41, 5.74) is 0.560. The van der Waals surface area contributed by atoms with Gasteiger partial charge in [-0.1, -0.05) is 15.9 Å². The number of benzene rings is 1. The molecule has 0 radical (unpaired) electrons. The third-order valence-corrected chi connectivity index (χ3v) is 2.98. The minimum absolute atomic E-state index is 0.256. The molecule has 1 aromatic carbocycles. The number of anilines is 1. The molecule has 0 fully saturated rings. The van der Waals surface area contributed by atoms with Crippen LogP contribution in [0.1, 0.15) is 11.4 Å². The number of aromatic nitrogens is 2. The molecule has 4 nitrogen and oxygen atoms in total. The Kier molecular flexibility index (Phi) is 4.31. The zero-order chi connectivity index (χ0) is 13.8. The van der Waals surface area contributed by atoms with Crippen LogP contribution < -0.4 is 10.1 Å². The fourth-order valence-corrected chi connectivity index (χ4v) is 2.01. The highest BCUT2D eigenvalue weighted by Crippen LogP contribution is 2.18. The van der Waals surface area contributed by atoms with Gasteiger partial charge in [0.05, 0.1) is 7.11 Å². The normalized spacial score (nSPS) is 10.3. The van der Waals surface area contributed by atoms with Gasteiger partial charge < -0.3 is 10.1 Å². The van der Waals surface area contributed by atoms with Gasteiger partial charge >= 0.3 is 0 Å². The van der Waals surface area contributed by atoms with Gasteiger partial charge in [-0.05, 0) is 25.1 Å². The van der Waals surface area contributed by atoms with E-state index >= 15 is 0 Å². The predicted molar refractivity (Wildman–Crippen MR) is 74.7 cm³/mol. The van der Waals surface area contributed by atoms with Crippen LogP contribution in [-0.4, -0.2) is 17.1 Å². The Labute approximate surface area is 119 Å². The van der Waals surface area contributed by atoms with Gasteiger partial charge in [-0.25, -0.2) is 9.37 Å². The second-order valence-corrected chi connectivity index (χ2v) is 4.85. The molecule has 19 heavy (non-hydrogen) atoms. The molecule has 2 aromatic rings. The third-order valence-electron chi connectivity index (χ3n) is 2.49. The van der Waals surface area contributed by atoms with Crippen LogP contribution in [0.4, 0.5) is 10.2 Å². The molecule has 0 aliphatic rings. The van der Waals surface area contributed by atoms with Crippen molar-refractivity contribution in [2.24, 2.45) is 0 Å². The standard InChI is InChI=1S/C13H13BrFN3O/c1-8-17-12(6-13(18-8)19-2)16-7-9-5-10(14)3-4-11(9)15/h3-6H,7H2,1-2H3,(H,16,17,18). The Hall–Kier alpha value is -1.69. The summed E-state index contributed by atoms with van der Waals surface area (Å²) >= 11 is 3.32. The number of aryl methyl sites for hydroxylation is 1. The first kappa shape index (κ1) is 13.7. The van der Waals surface area contributed by atoms with Crippen molar-refractivity contribution in [3.8, 4) is 5.88 Å². The summed E-state index contributed by atoms with van der Waals surface area (Å²) < 4.78 is 19.5. The van der Waals surface area contributed by atoms with Gasteiger partial charge in [-0.15, -0.1) is 0 Å². The van der Waals surface area contributed by atoms with Gasteiger partial charge in [0.25, 0.3) is 0 Å². The van der Waals surface area contributed by atoms with Gasteiger partial charge in [-0.2, -0.15) is 4.98 Å². The maximum atomic E-state index is 13.6. The van der Waals surface area contributed by atoms with E-state index in [1.54, 1.807) is 32.2 Å². The number of halogens is 2. The topological polar surface area (TPSA) is 47.0 Å². The van der Waals surface area contributed by atoms with Crippen molar-refractivity contribution >= 4 is 21.7 Å². The Morgan fingerprint density at radius 1 is 1.32 bits per heavy atom. The molecular weight excluding hydrogens is 313 g/mol. The number of ether oxygens (including phenoxy) is 1. The van der Waals surface area contributed by atoms with Gasteiger partial charge in [0.2, 0.25) is 5.88 Å². The summed E-state index contributed by atoms with van der Waals surface area (Å²) in [6.07, 6.45) is 0. The molecule has 0 aliphatic heterocycles. The quantitative estimate of drug-likeness (QED) is 0.936. The second kappa shape index (κ2) is 5.97. The molecule has 2 rings (SSSR count). The highest BCUT2D eigenvalue weighted by molar-refractivity contribution is 9.10. The maximum Gasteiger partial charge on any atom is 0.218 e. The first-order chi connectivity index (χ1) is 9.08.